The molecule has 0 aliphatic carbocycles. The first-order valence-corrected chi connectivity index (χ1v) is 8.50. The Kier molecular flexibility index (Phi) is 8.34. The standard InChI is InChI=1S/C14H23BrN2OS/c1-2-3-5-11(10-16)17-14(18)7-4-6-12-8-9-13(15)19-12/h8-9,11H,2-7,10,16H2,1H3,(H,17,18). The Morgan fingerprint density at radius 2 is 2.26 bits per heavy atom. The second-order valence-corrected chi connectivity index (χ2v) is 7.25. The number of nitrogens with one attached hydrogen (secondary N) is 1. The van der Waals surface area contributed by atoms with Crippen molar-refractivity contribution in [3.8, 4) is 0 Å². The fraction of sp³-hybridized carbons (Fsp3) is 0.643. The highest BCUT2D eigenvalue weighted by Crippen LogP contribution is 2.23. The summed E-state index contributed by atoms with van der Waals surface area (Å²) >= 11 is 5.18. The molecule has 5 heteroatoms. The van der Waals surface area contributed by atoms with E-state index < -0.39 is 0 Å². The van der Waals surface area contributed by atoms with E-state index in [-0.39, 0.29) is 11.9 Å². The summed E-state index contributed by atoms with van der Waals surface area (Å²) in [5.74, 6) is 0.127. The van der Waals surface area contributed by atoms with Crippen LogP contribution in [0.15, 0.2) is 15.9 Å². The van der Waals surface area contributed by atoms with Crippen LogP contribution in [-0.2, 0) is 11.2 Å². The lowest BCUT2D eigenvalue weighted by atomic mass is 10.1. The molecule has 1 aromatic rings. The molecule has 1 aromatic heterocycles. The van der Waals surface area contributed by atoms with Crippen LogP contribution >= 0.6 is 27.3 Å². The third kappa shape index (κ3) is 7.09. The van der Waals surface area contributed by atoms with Crippen LogP contribution in [0.1, 0.15) is 43.9 Å². The van der Waals surface area contributed by atoms with Crippen LogP contribution < -0.4 is 11.1 Å². The molecule has 1 rings (SSSR count). The van der Waals surface area contributed by atoms with Gasteiger partial charge in [0.2, 0.25) is 5.91 Å². The summed E-state index contributed by atoms with van der Waals surface area (Å²) in [6.07, 6.45) is 5.68. The minimum absolute atomic E-state index is 0.127. The molecular formula is C14H23BrN2OS. The SMILES string of the molecule is CCCCC(CN)NC(=O)CCCc1ccc(Br)s1. The maximum atomic E-state index is 11.8. The lowest BCUT2D eigenvalue weighted by Gasteiger charge is -2.16. The second-order valence-electron chi connectivity index (χ2n) is 4.70. The van der Waals surface area contributed by atoms with Crippen LogP contribution in [-0.4, -0.2) is 18.5 Å². The van der Waals surface area contributed by atoms with Gasteiger partial charge in [-0.25, -0.2) is 0 Å². The van der Waals surface area contributed by atoms with E-state index >= 15 is 0 Å². The molecule has 108 valence electrons. The molecule has 0 fully saturated rings. The zero-order chi connectivity index (χ0) is 14.1. The van der Waals surface area contributed by atoms with Gasteiger partial charge in [0.25, 0.3) is 0 Å². The van der Waals surface area contributed by atoms with Crippen LogP contribution in [0.3, 0.4) is 0 Å². The first-order chi connectivity index (χ1) is 9.15. The van der Waals surface area contributed by atoms with Crippen molar-refractivity contribution in [1.82, 2.24) is 5.32 Å². The quantitative estimate of drug-likeness (QED) is 0.719. The van der Waals surface area contributed by atoms with Gasteiger partial charge in [-0.3, -0.25) is 4.79 Å². The molecule has 0 aliphatic rings. The highest BCUT2D eigenvalue weighted by molar-refractivity contribution is 9.11. The fourth-order valence-corrected chi connectivity index (χ4v) is 3.43. The Balaban J connectivity index is 2.19. The summed E-state index contributed by atoms with van der Waals surface area (Å²) in [4.78, 5) is 13.1. The van der Waals surface area contributed by atoms with Crippen molar-refractivity contribution in [1.29, 1.82) is 0 Å². The molecule has 1 unspecified atom stereocenters. The summed E-state index contributed by atoms with van der Waals surface area (Å²) in [7, 11) is 0. The summed E-state index contributed by atoms with van der Waals surface area (Å²) in [6.45, 7) is 2.68. The highest BCUT2D eigenvalue weighted by atomic mass is 79.9. The van der Waals surface area contributed by atoms with Crippen LogP contribution in [0.4, 0.5) is 0 Å². The van der Waals surface area contributed by atoms with Gasteiger partial charge in [-0.2, -0.15) is 0 Å². The van der Waals surface area contributed by atoms with Gasteiger partial charge in [0.15, 0.2) is 0 Å². The number of hydrogen-bond acceptors (Lipinski definition) is 3. The molecule has 0 aromatic carbocycles. The van der Waals surface area contributed by atoms with Gasteiger partial charge >= 0.3 is 0 Å². The van der Waals surface area contributed by atoms with Gasteiger partial charge in [-0.05, 0) is 47.3 Å². The van der Waals surface area contributed by atoms with Gasteiger partial charge < -0.3 is 11.1 Å². The Morgan fingerprint density at radius 1 is 1.47 bits per heavy atom. The molecular weight excluding hydrogens is 324 g/mol. The predicted octanol–water partition coefficient (Wildman–Crippen LogP) is 3.47. The van der Waals surface area contributed by atoms with Gasteiger partial charge in [0, 0.05) is 23.9 Å². The summed E-state index contributed by atoms with van der Waals surface area (Å²) < 4.78 is 1.15. The van der Waals surface area contributed by atoms with E-state index in [0.29, 0.717) is 13.0 Å². The first-order valence-electron chi connectivity index (χ1n) is 6.89. The lowest BCUT2D eigenvalue weighted by Crippen LogP contribution is -2.40. The molecule has 3 nitrogen and oxygen atoms in total. The number of carbonyl (C=O) groups is 1. The Morgan fingerprint density at radius 3 is 2.84 bits per heavy atom. The van der Waals surface area contributed by atoms with Gasteiger partial charge in [-0.1, -0.05) is 19.8 Å². The molecule has 1 amide bonds. The van der Waals surface area contributed by atoms with Crippen molar-refractivity contribution in [2.75, 3.05) is 6.54 Å². The molecule has 1 heterocycles. The van der Waals surface area contributed by atoms with Gasteiger partial charge in [0.05, 0.1) is 3.79 Å². The van der Waals surface area contributed by atoms with Crippen LogP contribution in [0.5, 0.6) is 0 Å². The van der Waals surface area contributed by atoms with E-state index in [1.165, 1.54) is 4.88 Å². The van der Waals surface area contributed by atoms with Crippen molar-refractivity contribution >= 4 is 33.2 Å². The third-order valence-electron chi connectivity index (χ3n) is 3.01. The van der Waals surface area contributed by atoms with Crippen molar-refractivity contribution in [2.24, 2.45) is 5.73 Å². The molecule has 3 N–H and O–H groups in total. The monoisotopic (exact) mass is 346 g/mol. The Labute approximate surface area is 128 Å². The second kappa shape index (κ2) is 9.50. The molecule has 0 bridgehead atoms. The fourth-order valence-electron chi connectivity index (χ4n) is 1.91. The molecule has 19 heavy (non-hydrogen) atoms. The average molecular weight is 347 g/mol. The van der Waals surface area contributed by atoms with E-state index in [1.807, 2.05) is 0 Å². The van der Waals surface area contributed by atoms with Gasteiger partial charge in [-0.15, -0.1) is 11.3 Å². The summed E-state index contributed by atoms with van der Waals surface area (Å²) in [5, 5.41) is 3.02. The number of amides is 1. The number of halogens is 1. The molecule has 0 saturated heterocycles. The topological polar surface area (TPSA) is 55.1 Å². The summed E-state index contributed by atoms with van der Waals surface area (Å²) in [5.41, 5.74) is 5.67. The van der Waals surface area contributed by atoms with E-state index in [4.69, 9.17) is 5.73 Å². The largest absolute Gasteiger partial charge is 0.352 e. The number of aryl methyl sites for hydroxylation is 1. The smallest absolute Gasteiger partial charge is 0.220 e. The minimum Gasteiger partial charge on any atom is -0.352 e. The maximum absolute atomic E-state index is 11.8. The number of unbranched alkanes of at least 4 members (excludes halogenated alkanes) is 1. The number of hydrogen-bond donors (Lipinski definition) is 2. The van der Waals surface area contributed by atoms with Crippen LogP contribution in [0.2, 0.25) is 0 Å². The molecule has 0 aliphatic heterocycles. The summed E-state index contributed by atoms with van der Waals surface area (Å²) in [6, 6.07) is 4.30. The molecule has 0 saturated carbocycles. The predicted molar refractivity (Wildman–Crippen MR) is 85.5 cm³/mol. The Bertz CT molecular complexity index is 381. The highest BCUT2D eigenvalue weighted by Gasteiger charge is 2.10. The number of rotatable bonds is 9. The zero-order valence-corrected chi connectivity index (χ0v) is 13.9. The number of carbonyl (C=O) groups excluding carboxylic acids is 1. The van der Waals surface area contributed by atoms with Gasteiger partial charge in [0.1, 0.15) is 0 Å². The van der Waals surface area contributed by atoms with Crippen molar-refractivity contribution in [3.05, 3.63) is 20.8 Å². The van der Waals surface area contributed by atoms with Crippen LogP contribution in [0, 0.1) is 0 Å². The number of nitrogens with two attached hydrogens (primary N) is 1. The van der Waals surface area contributed by atoms with Crippen molar-refractivity contribution in [2.45, 2.75) is 51.5 Å². The normalized spacial score (nSPS) is 12.4. The molecule has 1 atom stereocenters. The van der Waals surface area contributed by atoms with Crippen LogP contribution in [0.25, 0.3) is 0 Å². The van der Waals surface area contributed by atoms with Crippen molar-refractivity contribution < 1.29 is 4.79 Å². The van der Waals surface area contributed by atoms with E-state index in [2.05, 4.69) is 40.3 Å². The van der Waals surface area contributed by atoms with E-state index in [0.717, 1.165) is 35.9 Å². The lowest BCUT2D eigenvalue weighted by molar-refractivity contribution is -0.121. The average Bonchev–Trinajstić information content (AvgIpc) is 2.80. The number of thiophene rings is 1. The first kappa shape index (κ1) is 16.7. The zero-order valence-electron chi connectivity index (χ0n) is 11.5. The Hall–Kier alpha value is -0.390. The molecule has 0 radical (unpaired) electrons. The molecule has 0 spiro atoms. The third-order valence-corrected chi connectivity index (χ3v) is 4.70. The maximum Gasteiger partial charge on any atom is 0.220 e. The van der Waals surface area contributed by atoms with Crippen molar-refractivity contribution in [3.63, 3.8) is 0 Å². The van der Waals surface area contributed by atoms with E-state index in [1.54, 1.807) is 11.3 Å². The minimum atomic E-state index is 0.127. The van der Waals surface area contributed by atoms with E-state index in [9.17, 15) is 4.79 Å².